The molecule has 5 nitrogen and oxygen atoms in total. The van der Waals surface area contributed by atoms with Crippen LogP contribution in [0.1, 0.15) is 11.1 Å². The normalized spacial score (nSPS) is 11.6. The maximum Gasteiger partial charge on any atom is 0.418 e. The van der Waals surface area contributed by atoms with Crippen molar-refractivity contribution in [1.82, 2.24) is 14.4 Å². The molecule has 5 heteroatoms. The van der Waals surface area contributed by atoms with Gasteiger partial charge in [0.15, 0.2) is 0 Å². The Bertz CT molecular complexity index is 674. The van der Waals surface area contributed by atoms with E-state index in [2.05, 4.69) is 32.0 Å². The number of hydrogen-bond donors (Lipinski definition) is 0. The van der Waals surface area contributed by atoms with Crippen molar-refractivity contribution in [1.29, 1.82) is 0 Å². The molecule has 0 amide bonds. The molecule has 0 atom stereocenters. The number of ether oxygens (including phenoxy) is 1. The SMILES string of the molecule is Cc1ccc2c(c1)c(CCN(C)C)cn2C(=O)OCCN(C)C. The van der Waals surface area contributed by atoms with E-state index in [4.69, 9.17) is 4.74 Å². The molecule has 0 unspecified atom stereocenters. The van der Waals surface area contributed by atoms with Crippen LogP contribution in [-0.2, 0) is 11.2 Å². The van der Waals surface area contributed by atoms with Crippen LogP contribution in [-0.4, -0.2) is 68.3 Å². The molecule has 0 saturated carbocycles. The van der Waals surface area contributed by atoms with Gasteiger partial charge in [0.25, 0.3) is 0 Å². The summed E-state index contributed by atoms with van der Waals surface area (Å²) in [5.41, 5.74) is 3.29. The van der Waals surface area contributed by atoms with E-state index in [9.17, 15) is 4.79 Å². The lowest BCUT2D eigenvalue weighted by molar-refractivity contribution is 0.139. The molecule has 1 aromatic carbocycles. The Morgan fingerprint density at radius 1 is 1.13 bits per heavy atom. The van der Waals surface area contributed by atoms with Crippen molar-refractivity contribution in [2.24, 2.45) is 0 Å². The van der Waals surface area contributed by atoms with Gasteiger partial charge in [-0.3, -0.25) is 4.57 Å². The molecular formula is C18H27N3O2. The first-order chi connectivity index (χ1) is 10.9. The van der Waals surface area contributed by atoms with Gasteiger partial charge in [-0.2, -0.15) is 0 Å². The molecule has 0 aliphatic rings. The Balaban J connectivity index is 2.26. The molecule has 0 N–H and O–H groups in total. The van der Waals surface area contributed by atoms with E-state index < -0.39 is 0 Å². The van der Waals surface area contributed by atoms with E-state index in [0.29, 0.717) is 6.61 Å². The van der Waals surface area contributed by atoms with Gasteiger partial charge in [-0.05, 0) is 59.2 Å². The predicted molar refractivity (Wildman–Crippen MR) is 94.2 cm³/mol. The highest BCUT2D eigenvalue weighted by Gasteiger charge is 2.15. The molecule has 0 spiro atoms. The van der Waals surface area contributed by atoms with E-state index in [-0.39, 0.29) is 6.09 Å². The number of aryl methyl sites for hydroxylation is 1. The minimum absolute atomic E-state index is 0.309. The molecule has 126 valence electrons. The van der Waals surface area contributed by atoms with Crippen LogP contribution in [0.5, 0.6) is 0 Å². The van der Waals surface area contributed by atoms with Gasteiger partial charge in [0.2, 0.25) is 0 Å². The van der Waals surface area contributed by atoms with Gasteiger partial charge in [0, 0.05) is 24.7 Å². The first-order valence-corrected chi connectivity index (χ1v) is 7.95. The Kier molecular flexibility index (Phi) is 5.80. The third kappa shape index (κ3) is 4.56. The number of carbonyl (C=O) groups is 1. The smallest absolute Gasteiger partial charge is 0.418 e. The third-order valence-electron chi connectivity index (χ3n) is 3.83. The minimum atomic E-state index is -0.309. The second-order valence-electron chi connectivity index (χ2n) is 6.52. The van der Waals surface area contributed by atoms with Crippen LogP contribution in [0.3, 0.4) is 0 Å². The van der Waals surface area contributed by atoms with Crippen molar-refractivity contribution in [2.75, 3.05) is 47.9 Å². The summed E-state index contributed by atoms with van der Waals surface area (Å²) in [7, 11) is 8.03. The fourth-order valence-electron chi connectivity index (χ4n) is 2.49. The van der Waals surface area contributed by atoms with Gasteiger partial charge in [-0.25, -0.2) is 4.79 Å². The third-order valence-corrected chi connectivity index (χ3v) is 3.83. The molecule has 0 fully saturated rings. The monoisotopic (exact) mass is 317 g/mol. The summed E-state index contributed by atoms with van der Waals surface area (Å²) in [5, 5.41) is 1.14. The van der Waals surface area contributed by atoms with E-state index in [1.54, 1.807) is 4.57 Å². The maximum absolute atomic E-state index is 12.4. The first kappa shape index (κ1) is 17.5. The van der Waals surface area contributed by atoms with E-state index in [1.165, 1.54) is 11.1 Å². The summed E-state index contributed by atoms with van der Waals surface area (Å²) >= 11 is 0. The number of aromatic nitrogens is 1. The number of nitrogens with zero attached hydrogens (tertiary/aromatic N) is 3. The molecule has 0 aliphatic heterocycles. The number of rotatable bonds is 6. The highest BCUT2D eigenvalue weighted by atomic mass is 16.5. The highest BCUT2D eigenvalue weighted by Crippen LogP contribution is 2.23. The predicted octanol–water partition coefficient (Wildman–Crippen LogP) is 2.60. The first-order valence-electron chi connectivity index (χ1n) is 7.95. The molecule has 0 radical (unpaired) electrons. The summed E-state index contributed by atoms with van der Waals surface area (Å²) in [5.74, 6) is 0. The molecular weight excluding hydrogens is 290 g/mol. The van der Waals surface area contributed by atoms with E-state index in [0.717, 1.165) is 30.4 Å². The van der Waals surface area contributed by atoms with Crippen molar-refractivity contribution in [3.63, 3.8) is 0 Å². The van der Waals surface area contributed by atoms with Crippen LogP contribution in [0.25, 0.3) is 10.9 Å². The Morgan fingerprint density at radius 3 is 2.48 bits per heavy atom. The molecule has 0 aliphatic carbocycles. The average Bonchev–Trinajstić information content (AvgIpc) is 2.82. The van der Waals surface area contributed by atoms with Crippen LogP contribution < -0.4 is 0 Å². The Hall–Kier alpha value is -1.85. The number of likely N-dealkylation sites (N-methyl/N-ethyl adjacent to an activating group) is 2. The fraction of sp³-hybridized carbons (Fsp3) is 0.500. The van der Waals surface area contributed by atoms with Crippen LogP contribution in [0, 0.1) is 6.92 Å². The minimum Gasteiger partial charge on any atom is -0.448 e. The molecule has 1 heterocycles. The van der Waals surface area contributed by atoms with Gasteiger partial charge in [0.05, 0.1) is 5.52 Å². The quantitative estimate of drug-likeness (QED) is 0.821. The molecule has 1 aromatic heterocycles. The summed E-state index contributed by atoms with van der Waals surface area (Å²) in [6, 6.07) is 6.17. The maximum atomic E-state index is 12.4. The summed E-state index contributed by atoms with van der Waals surface area (Å²) < 4.78 is 7.02. The largest absolute Gasteiger partial charge is 0.448 e. The van der Waals surface area contributed by atoms with Gasteiger partial charge >= 0.3 is 6.09 Å². The summed E-state index contributed by atoms with van der Waals surface area (Å²) in [6.45, 7) is 4.13. The van der Waals surface area contributed by atoms with Crippen molar-refractivity contribution in [2.45, 2.75) is 13.3 Å². The Labute approximate surface area is 138 Å². The fourth-order valence-corrected chi connectivity index (χ4v) is 2.49. The molecule has 0 bridgehead atoms. The lowest BCUT2D eigenvalue weighted by Crippen LogP contribution is -2.22. The molecule has 2 aromatic rings. The van der Waals surface area contributed by atoms with Crippen LogP contribution in [0.4, 0.5) is 4.79 Å². The van der Waals surface area contributed by atoms with Crippen LogP contribution in [0.2, 0.25) is 0 Å². The van der Waals surface area contributed by atoms with Crippen molar-refractivity contribution >= 4 is 17.0 Å². The standard InChI is InChI=1S/C18H27N3O2/c1-14-6-7-17-16(12-14)15(8-9-19(2)3)13-21(17)18(22)23-11-10-20(4)5/h6-7,12-13H,8-11H2,1-5H3. The average molecular weight is 317 g/mol. The lowest BCUT2D eigenvalue weighted by Gasteiger charge is -2.10. The zero-order valence-electron chi connectivity index (χ0n) is 14.8. The molecule has 23 heavy (non-hydrogen) atoms. The second kappa shape index (κ2) is 7.62. The zero-order chi connectivity index (χ0) is 17.0. The van der Waals surface area contributed by atoms with Crippen LogP contribution >= 0.6 is 0 Å². The molecule has 2 rings (SSSR count). The Morgan fingerprint density at radius 2 is 1.83 bits per heavy atom. The number of benzene rings is 1. The van der Waals surface area contributed by atoms with E-state index >= 15 is 0 Å². The van der Waals surface area contributed by atoms with Gasteiger partial charge in [-0.15, -0.1) is 0 Å². The topological polar surface area (TPSA) is 37.7 Å². The lowest BCUT2D eigenvalue weighted by atomic mass is 10.1. The number of fused-ring (bicyclic) bond motifs is 1. The van der Waals surface area contributed by atoms with Gasteiger partial charge in [0.1, 0.15) is 6.61 Å². The van der Waals surface area contributed by atoms with E-state index in [1.807, 2.05) is 37.3 Å². The number of carbonyl (C=O) groups excluding carboxylic acids is 1. The second-order valence-corrected chi connectivity index (χ2v) is 6.52. The number of hydrogen-bond acceptors (Lipinski definition) is 4. The highest BCUT2D eigenvalue weighted by molar-refractivity contribution is 5.92. The van der Waals surface area contributed by atoms with Crippen molar-refractivity contribution in [3.8, 4) is 0 Å². The zero-order valence-corrected chi connectivity index (χ0v) is 14.8. The summed E-state index contributed by atoms with van der Waals surface area (Å²) in [6.07, 6.45) is 2.52. The molecule has 0 saturated heterocycles. The summed E-state index contributed by atoms with van der Waals surface area (Å²) in [4.78, 5) is 16.5. The van der Waals surface area contributed by atoms with Gasteiger partial charge in [-0.1, -0.05) is 11.6 Å². The van der Waals surface area contributed by atoms with Crippen LogP contribution in [0.15, 0.2) is 24.4 Å². The van der Waals surface area contributed by atoms with Crippen molar-refractivity contribution in [3.05, 3.63) is 35.5 Å². The van der Waals surface area contributed by atoms with Crippen molar-refractivity contribution < 1.29 is 9.53 Å². The van der Waals surface area contributed by atoms with Gasteiger partial charge < -0.3 is 14.5 Å².